The van der Waals surface area contributed by atoms with Gasteiger partial charge in [0.05, 0.1) is 11.1 Å². The maximum Gasteiger partial charge on any atom is 0.267 e. The van der Waals surface area contributed by atoms with Crippen LogP contribution >= 0.6 is 11.6 Å². The fourth-order valence-electron chi connectivity index (χ4n) is 0.954. The monoisotopic (exact) mass is 202 g/mol. The largest absolute Gasteiger partial charge is 0.267 e. The van der Waals surface area contributed by atoms with Gasteiger partial charge in [-0.05, 0) is 12.5 Å². The average molecular weight is 203 g/mol. The molecule has 1 aromatic rings. The summed E-state index contributed by atoms with van der Waals surface area (Å²) in [4.78, 5) is 3.49. The quantitative estimate of drug-likeness (QED) is 0.657. The van der Waals surface area contributed by atoms with E-state index >= 15 is 0 Å². The summed E-state index contributed by atoms with van der Waals surface area (Å²) in [7, 11) is 0. The van der Waals surface area contributed by atoms with Gasteiger partial charge >= 0.3 is 0 Å². The number of hydrogen-bond acceptors (Lipinski definition) is 2. The van der Waals surface area contributed by atoms with Gasteiger partial charge in [-0.1, -0.05) is 11.6 Å². The molecule has 0 bridgehead atoms. The van der Waals surface area contributed by atoms with Gasteiger partial charge in [-0.3, -0.25) is 0 Å². The molecular formula is C8H5ClF2N2. The van der Waals surface area contributed by atoms with Crippen molar-refractivity contribution in [3.63, 3.8) is 0 Å². The van der Waals surface area contributed by atoms with Crippen molar-refractivity contribution in [3.8, 4) is 6.07 Å². The minimum absolute atomic E-state index is 0.125. The van der Waals surface area contributed by atoms with Gasteiger partial charge in [0.2, 0.25) is 0 Å². The molecule has 0 N–H and O–H groups in total. The first-order chi connectivity index (χ1) is 6.07. The van der Waals surface area contributed by atoms with Crippen molar-refractivity contribution < 1.29 is 8.78 Å². The molecule has 0 amide bonds. The second kappa shape index (κ2) is 3.67. The van der Waals surface area contributed by atoms with E-state index in [9.17, 15) is 8.78 Å². The Hall–Kier alpha value is -1.21. The molecule has 0 saturated carbocycles. The summed E-state index contributed by atoms with van der Waals surface area (Å²) in [6.07, 6.45) is -1.52. The van der Waals surface area contributed by atoms with E-state index in [0.29, 0.717) is 0 Å². The van der Waals surface area contributed by atoms with Crippen LogP contribution in [-0.4, -0.2) is 4.98 Å². The van der Waals surface area contributed by atoms with Crippen molar-refractivity contribution in [1.82, 2.24) is 4.98 Å². The van der Waals surface area contributed by atoms with Crippen molar-refractivity contribution in [2.75, 3.05) is 0 Å². The molecule has 5 heteroatoms. The van der Waals surface area contributed by atoms with Crippen molar-refractivity contribution in [3.05, 3.63) is 28.0 Å². The minimum atomic E-state index is -2.70. The van der Waals surface area contributed by atoms with Crippen molar-refractivity contribution >= 4 is 11.6 Å². The Morgan fingerprint density at radius 3 is 2.69 bits per heavy atom. The Bertz CT molecular complexity index is 371. The fraction of sp³-hybridized carbons (Fsp3) is 0.250. The lowest BCUT2D eigenvalue weighted by Gasteiger charge is -2.06. The van der Waals surface area contributed by atoms with Crippen LogP contribution in [0.1, 0.15) is 23.1 Å². The van der Waals surface area contributed by atoms with Crippen molar-refractivity contribution in [2.24, 2.45) is 0 Å². The Labute approximate surface area is 78.8 Å². The van der Waals surface area contributed by atoms with Gasteiger partial charge in [-0.2, -0.15) is 5.26 Å². The summed E-state index contributed by atoms with van der Waals surface area (Å²) < 4.78 is 24.7. The molecule has 1 heterocycles. The number of aromatic nitrogens is 1. The molecule has 13 heavy (non-hydrogen) atoms. The van der Waals surface area contributed by atoms with Crippen molar-refractivity contribution in [2.45, 2.75) is 13.3 Å². The molecule has 1 rings (SSSR count). The molecular weight excluding hydrogens is 198 g/mol. The molecule has 68 valence electrons. The molecule has 0 spiro atoms. The van der Waals surface area contributed by atoms with Crippen LogP contribution in [0.5, 0.6) is 0 Å². The zero-order chi connectivity index (χ0) is 10.0. The molecule has 0 aliphatic carbocycles. The lowest BCUT2D eigenvalue weighted by atomic mass is 10.1. The first-order valence-corrected chi connectivity index (χ1v) is 3.79. The fourth-order valence-corrected chi connectivity index (χ4v) is 1.23. The number of halogens is 3. The predicted molar refractivity (Wildman–Crippen MR) is 43.7 cm³/mol. The van der Waals surface area contributed by atoms with E-state index in [0.717, 1.165) is 0 Å². The summed E-state index contributed by atoms with van der Waals surface area (Å²) in [5, 5.41) is 8.29. The Kier molecular flexibility index (Phi) is 2.79. The highest BCUT2D eigenvalue weighted by Crippen LogP contribution is 2.29. The third kappa shape index (κ3) is 1.76. The number of rotatable bonds is 1. The SMILES string of the molecule is Cc1c(C#N)cnc(Cl)c1C(F)F. The van der Waals surface area contributed by atoms with Crippen molar-refractivity contribution in [1.29, 1.82) is 5.26 Å². The molecule has 0 saturated heterocycles. The highest BCUT2D eigenvalue weighted by Gasteiger charge is 2.18. The lowest BCUT2D eigenvalue weighted by molar-refractivity contribution is 0.150. The lowest BCUT2D eigenvalue weighted by Crippen LogP contribution is -1.97. The van der Waals surface area contributed by atoms with Gasteiger partial charge in [0.25, 0.3) is 6.43 Å². The van der Waals surface area contributed by atoms with Crippen LogP contribution in [0.15, 0.2) is 6.20 Å². The van der Waals surface area contributed by atoms with Gasteiger partial charge in [-0.15, -0.1) is 0 Å². The van der Waals surface area contributed by atoms with E-state index in [2.05, 4.69) is 4.98 Å². The summed E-state index contributed by atoms with van der Waals surface area (Å²) in [6, 6.07) is 1.76. The van der Waals surface area contributed by atoms with Gasteiger partial charge in [0, 0.05) is 6.20 Å². The van der Waals surface area contributed by atoms with E-state index in [-0.39, 0.29) is 21.8 Å². The molecule has 0 aliphatic heterocycles. The van der Waals surface area contributed by atoms with E-state index in [1.54, 1.807) is 6.07 Å². The van der Waals surface area contributed by atoms with Crippen LogP contribution in [0.2, 0.25) is 5.15 Å². The zero-order valence-corrected chi connectivity index (χ0v) is 7.44. The summed E-state index contributed by atoms with van der Waals surface area (Å²) >= 11 is 5.45. The maximum absolute atomic E-state index is 12.4. The minimum Gasteiger partial charge on any atom is -0.243 e. The van der Waals surface area contributed by atoms with E-state index in [4.69, 9.17) is 16.9 Å². The number of nitriles is 1. The number of alkyl halides is 2. The maximum atomic E-state index is 12.4. The highest BCUT2D eigenvalue weighted by molar-refractivity contribution is 6.30. The number of pyridine rings is 1. The van der Waals surface area contributed by atoms with Gasteiger partial charge in [0.15, 0.2) is 0 Å². The van der Waals surface area contributed by atoms with E-state index in [1.165, 1.54) is 13.1 Å². The molecule has 0 unspecified atom stereocenters. The molecule has 0 atom stereocenters. The molecule has 0 aromatic carbocycles. The van der Waals surface area contributed by atoms with Crippen LogP contribution in [-0.2, 0) is 0 Å². The smallest absolute Gasteiger partial charge is 0.243 e. The average Bonchev–Trinajstić information content (AvgIpc) is 2.04. The first kappa shape index (κ1) is 9.87. The van der Waals surface area contributed by atoms with Crippen LogP contribution in [0.4, 0.5) is 8.78 Å². The predicted octanol–water partition coefficient (Wildman–Crippen LogP) is 2.85. The molecule has 2 nitrogen and oxygen atoms in total. The van der Waals surface area contributed by atoms with Crippen LogP contribution < -0.4 is 0 Å². The van der Waals surface area contributed by atoms with Gasteiger partial charge in [-0.25, -0.2) is 13.8 Å². The normalized spacial score (nSPS) is 10.2. The topological polar surface area (TPSA) is 36.7 Å². The summed E-state index contributed by atoms with van der Waals surface area (Å²) in [6.45, 7) is 1.42. The Balaban J connectivity index is 3.41. The second-order valence-corrected chi connectivity index (χ2v) is 2.77. The third-order valence-electron chi connectivity index (χ3n) is 1.68. The molecule has 1 aromatic heterocycles. The molecule has 0 aliphatic rings. The standard InChI is InChI=1S/C8H5ClF2N2/c1-4-5(2-12)3-13-7(9)6(4)8(10)11/h3,8H,1H3. The van der Waals surface area contributed by atoms with E-state index in [1.807, 2.05) is 0 Å². The Morgan fingerprint density at radius 1 is 1.62 bits per heavy atom. The van der Waals surface area contributed by atoms with Crippen LogP contribution in [0, 0.1) is 18.3 Å². The molecule has 0 radical (unpaired) electrons. The third-order valence-corrected chi connectivity index (χ3v) is 1.98. The number of hydrogen-bond donors (Lipinski definition) is 0. The summed E-state index contributed by atoms with van der Waals surface area (Å²) in [5.41, 5.74) is -0.0436. The van der Waals surface area contributed by atoms with E-state index < -0.39 is 6.43 Å². The highest BCUT2D eigenvalue weighted by atomic mass is 35.5. The van der Waals surface area contributed by atoms with Gasteiger partial charge < -0.3 is 0 Å². The number of nitrogens with zero attached hydrogens (tertiary/aromatic N) is 2. The second-order valence-electron chi connectivity index (χ2n) is 2.41. The van der Waals surface area contributed by atoms with Crippen LogP contribution in [0.25, 0.3) is 0 Å². The Morgan fingerprint density at radius 2 is 2.23 bits per heavy atom. The summed E-state index contributed by atoms with van der Waals surface area (Å²) in [5.74, 6) is 0. The zero-order valence-electron chi connectivity index (χ0n) is 6.68. The van der Waals surface area contributed by atoms with Gasteiger partial charge in [0.1, 0.15) is 11.2 Å². The first-order valence-electron chi connectivity index (χ1n) is 3.41. The molecule has 0 fully saturated rings. The van der Waals surface area contributed by atoms with Crippen LogP contribution in [0.3, 0.4) is 0 Å².